The van der Waals surface area contributed by atoms with Gasteiger partial charge in [0.2, 0.25) is 5.91 Å². The molecule has 0 bridgehead atoms. The van der Waals surface area contributed by atoms with Gasteiger partial charge in [-0.3, -0.25) is 9.69 Å². The molecule has 4 nitrogen and oxygen atoms in total. The molecule has 24 heavy (non-hydrogen) atoms. The fourth-order valence-electron chi connectivity index (χ4n) is 2.66. The van der Waals surface area contributed by atoms with Gasteiger partial charge < -0.3 is 4.90 Å². The van der Waals surface area contributed by atoms with Gasteiger partial charge >= 0.3 is 0 Å². The monoisotopic (exact) mass is 390 g/mol. The first kappa shape index (κ1) is 16.6. The molecular weight excluding hydrogens is 373 g/mol. The van der Waals surface area contributed by atoms with Gasteiger partial charge in [-0.05, 0) is 30.3 Å². The highest BCUT2D eigenvalue weighted by Gasteiger charge is 2.24. The molecule has 0 unspecified atom stereocenters. The Morgan fingerprint density at radius 1 is 1.17 bits per heavy atom. The highest BCUT2D eigenvalue weighted by Crippen LogP contribution is 2.17. The first-order valence-corrected chi connectivity index (χ1v) is 8.56. The summed E-state index contributed by atoms with van der Waals surface area (Å²) in [6.07, 6.45) is 4.86. The fourth-order valence-corrected chi connectivity index (χ4v) is 3.04. The van der Waals surface area contributed by atoms with Gasteiger partial charge in [-0.1, -0.05) is 22.0 Å². The molecule has 1 N–H and O–H groups in total. The fraction of sp³-hybridized carbons (Fsp3) is 0.222. The van der Waals surface area contributed by atoms with E-state index in [-0.39, 0.29) is 11.7 Å². The van der Waals surface area contributed by atoms with Gasteiger partial charge in [0.1, 0.15) is 18.9 Å². The van der Waals surface area contributed by atoms with E-state index in [2.05, 4.69) is 25.8 Å². The third-order valence-corrected chi connectivity index (χ3v) is 4.48. The van der Waals surface area contributed by atoms with E-state index in [1.165, 1.54) is 18.2 Å². The number of amides is 1. The molecule has 6 heteroatoms. The van der Waals surface area contributed by atoms with E-state index in [4.69, 9.17) is 0 Å². The molecule has 1 saturated heterocycles. The van der Waals surface area contributed by atoms with E-state index in [0.717, 1.165) is 23.4 Å². The number of piperazine rings is 1. The van der Waals surface area contributed by atoms with Crippen LogP contribution >= 0.6 is 15.9 Å². The van der Waals surface area contributed by atoms with Crippen LogP contribution in [0.15, 0.2) is 53.1 Å². The third-order valence-electron chi connectivity index (χ3n) is 3.99. The Kier molecular flexibility index (Phi) is 5.25. The van der Waals surface area contributed by atoms with Crippen molar-refractivity contribution in [3.63, 3.8) is 0 Å². The highest BCUT2D eigenvalue weighted by molar-refractivity contribution is 9.10. The summed E-state index contributed by atoms with van der Waals surface area (Å²) in [6, 6.07) is 10.6. The van der Waals surface area contributed by atoms with E-state index >= 15 is 0 Å². The van der Waals surface area contributed by atoms with E-state index in [1.54, 1.807) is 17.0 Å². The maximum atomic E-state index is 13.7. The summed E-state index contributed by atoms with van der Waals surface area (Å²) in [4.78, 5) is 19.5. The molecule has 0 atom stereocenters. The number of nitrogens with one attached hydrogen (secondary N) is 1. The number of aromatic nitrogens is 1. The van der Waals surface area contributed by atoms with E-state index in [0.29, 0.717) is 18.7 Å². The molecule has 2 aromatic rings. The van der Waals surface area contributed by atoms with Crippen molar-refractivity contribution >= 4 is 33.7 Å². The van der Waals surface area contributed by atoms with Crippen LogP contribution in [0.25, 0.3) is 6.08 Å². The zero-order valence-corrected chi connectivity index (χ0v) is 14.7. The van der Waals surface area contributed by atoms with E-state index < -0.39 is 0 Å². The van der Waals surface area contributed by atoms with Crippen LogP contribution in [0.2, 0.25) is 0 Å². The standard InChI is InChI=1S/C18H17BrFN3O/c19-15-5-6-16(20)14(13-15)4-7-18(24)23-11-9-22(10-12-23)17-3-1-2-8-21-17/h1-8,13H,9-12H2/p+1/b7-4+. The number of benzene rings is 1. The van der Waals surface area contributed by atoms with Crippen molar-refractivity contribution in [2.75, 3.05) is 31.1 Å². The maximum absolute atomic E-state index is 13.7. The van der Waals surface area contributed by atoms with Crippen molar-refractivity contribution < 1.29 is 14.2 Å². The molecule has 0 spiro atoms. The van der Waals surface area contributed by atoms with Crippen LogP contribution in [0.1, 0.15) is 5.56 Å². The summed E-state index contributed by atoms with van der Waals surface area (Å²) in [7, 11) is 0. The Balaban J connectivity index is 1.59. The summed E-state index contributed by atoms with van der Waals surface area (Å²) < 4.78 is 14.5. The minimum atomic E-state index is -0.341. The average Bonchev–Trinajstić information content (AvgIpc) is 2.63. The lowest BCUT2D eigenvalue weighted by Gasteiger charge is -2.30. The van der Waals surface area contributed by atoms with Gasteiger partial charge in [-0.25, -0.2) is 9.37 Å². The second-order valence-electron chi connectivity index (χ2n) is 5.56. The van der Waals surface area contributed by atoms with Gasteiger partial charge in [0, 0.05) is 22.2 Å². The van der Waals surface area contributed by atoms with Crippen LogP contribution in [0.4, 0.5) is 10.2 Å². The third kappa shape index (κ3) is 4.00. The summed E-state index contributed by atoms with van der Waals surface area (Å²) >= 11 is 3.30. The molecule has 1 amide bonds. The smallest absolute Gasteiger partial charge is 0.274 e. The van der Waals surface area contributed by atoms with Gasteiger partial charge in [0.15, 0.2) is 0 Å². The predicted octanol–water partition coefficient (Wildman–Crippen LogP) is 2.76. The number of aromatic amines is 1. The summed E-state index contributed by atoms with van der Waals surface area (Å²) in [6.45, 7) is 2.83. The first-order chi connectivity index (χ1) is 11.6. The minimum Gasteiger partial charge on any atom is -0.331 e. The zero-order chi connectivity index (χ0) is 16.9. The van der Waals surface area contributed by atoms with Crippen LogP contribution < -0.4 is 9.88 Å². The molecule has 1 aliphatic heterocycles. The van der Waals surface area contributed by atoms with Crippen molar-refractivity contribution in [3.05, 3.63) is 64.5 Å². The number of nitrogens with zero attached hydrogens (tertiary/aromatic N) is 2. The Hall–Kier alpha value is -2.21. The number of hydrogen-bond donors (Lipinski definition) is 0. The van der Waals surface area contributed by atoms with Crippen LogP contribution in [0.5, 0.6) is 0 Å². The molecule has 0 aliphatic carbocycles. The SMILES string of the molecule is O=C(/C=C/c1cc(Br)ccc1F)N1CCN(c2cccc[nH+]2)CC1. The number of H-pyrrole nitrogens is 1. The van der Waals surface area contributed by atoms with Crippen molar-refractivity contribution in [3.8, 4) is 0 Å². The van der Waals surface area contributed by atoms with E-state index in [9.17, 15) is 9.18 Å². The summed E-state index contributed by atoms with van der Waals surface area (Å²) in [5.41, 5.74) is 0.398. The number of carbonyl (C=O) groups is 1. The van der Waals surface area contributed by atoms with Crippen molar-refractivity contribution in [1.29, 1.82) is 0 Å². The molecule has 0 saturated carbocycles. The minimum absolute atomic E-state index is 0.0916. The van der Waals surface area contributed by atoms with Crippen molar-refractivity contribution in [2.24, 2.45) is 0 Å². The van der Waals surface area contributed by atoms with E-state index in [1.807, 2.05) is 24.4 Å². The second-order valence-corrected chi connectivity index (χ2v) is 6.47. The highest BCUT2D eigenvalue weighted by atomic mass is 79.9. The quantitative estimate of drug-likeness (QED) is 0.755. The van der Waals surface area contributed by atoms with Gasteiger partial charge in [-0.15, -0.1) is 0 Å². The molecule has 1 aliphatic rings. The molecule has 1 aromatic heterocycles. The Labute approximate surface area is 148 Å². The number of halogens is 2. The molecule has 0 radical (unpaired) electrons. The molecule has 124 valence electrons. The Morgan fingerprint density at radius 3 is 2.67 bits per heavy atom. The lowest BCUT2D eigenvalue weighted by atomic mass is 10.2. The van der Waals surface area contributed by atoms with Gasteiger partial charge in [0.05, 0.1) is 19.3 Å². The predicted molar refractivity (Wildman–Crippen MR) is 94.9 cm³/mol. The number of hydrogen-bond acceptors (Lipinski definition) is 2. The lowest BCUT2D eigenvalue weighted by Crippen LogP contribution is -2.49. The molecular formula is C18H18BrFN3O+. The molecule has 1 aromatic carbocycles. The zero-order valence-electron chi connectivity index (χ0n) is 13.1. The molecule has 2 heterocycles. The van der Waals surface area contributed by atoms with Crippen molar-refractivity contribution in [1.82, 2.24) is 4.90 Å². The van der Waals surface area contributed by atoms with Crippen LogP contribution in [0.3, 0.4) is 0 Å². The number of rotatable bonds is 3. The lowest BCUT2D eigenvalue weighted by molar-refractivity contribution is -0.364. The largest absolute Gasteiger partial charge is 0.331 e. The topological polar surface area (TPSA) is 37.7 Å². The first-order valence-electron chi connectivity index (χ1n) is 7.77. The van der Waals surface area contributed by atoms with Crippen molar-refractivity contribution in [2.45, 2.75) is 0 Å². The molecule has 3 rings (SSSR count). The van der Waals surface area contributed by atoms with Gasteiger partial charge in [-0.2, -0.15) is 0 Å². The average molecular weight is 391 g/mol. The normalized spacial score (nSPS) is 15.1. The summed E-state index contributed by atoms with van der Waals surface area (Å²) in [5.74, 6) is 0.620. The van der Waals surface area contributed by atoms with Crippen LogP contribution in [0, 0.1) is 5.82 Å². The number of anilines is 1. The number of pyridine rings is 1. The Morgan fingerprint density at radius 2 is 1.96 bits per heavy atom. The van der Waals surface area contributed by atoms with Gasteiger partial charge in [0.25, 0.3) is 5.82 Å². The summed E-state index contributed by atoms with van der Waals surface area (Å²) in [5, 5.41) is 0. The maximum Gasteiger partial charge on any atom is 0.274 e. The van der Waals surface area contributed by atoms with Crippen LogP contribution in [-0.4, -0.2) is 37.0 Å². The Bertz CT molecular complexity index is 743. The number of carbonyl (C=O) groups excluding carboxylic acids is 1. The van der Waals surface area contributed by atoms with Crippen LogP contribution in [-0.2, 0) is 4.79 Å². The molecule has 1 fully saturated rings. The second kappa shape index (κ2) is 7.57.